The first-order valence-corrected chi connectivity index (χ1v) is 9.39. The fourth-order valence-corrected chi connectivity index (χ4v) is 3.58. The molecule has 0 bridgehead atoms. The van der Waals surface area contributed by atoms with E-state index in [0.29, 0.717) is 5.16 Å². The molecule has 0 spiro atoms. The normalized spacial score (nSPS) is 14.9. The lowest BCUT2D eigenvalue weighted by atomic mass is 9.96. The highest BCUT2D eigenvalue weighted by Gasteiger charge is 2.17. The molecule has 0 atom stereocenters. The SMILES string of the molecule is O=C(CSc1nncn1-c1ccccc1)NC(=O)NC1CCCCC1. The van der Waals surface area contributed by atoms with E-state index in [9.17, 15) is 9.59 Å². The molecule has 1 fully saturated rings. The molecule has 0 aliphatic heterocycles. The summed E-state index contributed by atoms with van der Waals surface area (Å²) in [4.78, 5) is 23.9. The minimum absolute atomic E-state index is 0.101. The van der Waals surface area contributed by atoms with Gasteiger partial charge in [-0.3, -0.25) is 14.7 Å². The van der Waals surface area contributed by atoms with Crippen molar-refractivity contribution in [2.45, 2.75) is 43.3 Å². The van der Waals surface area contributed by atoms with E-state index < -0.39 is 6.03 Å². The van der Waals surface area contributed by atoms with Gasteiger partial charge in [0.2, 0.25) is 5.91 Å². The summed E-state index contributed by atoms with van der Waals surface area (Å²) in [7, 11) is 0. The molecule has 0 saturated heterocycles. The maximum Gasteiger partial charge on any atom is 0.321 e. The minimum atomic E-state index is -0.415. The molecule has 2 N–H and O–H groups in total. The van der Waals surface area contributed by atoms with Crippen molar-refractivity contribution >= 4 is 23.7 Å². The first kappa shape index (κ1) is 17.5. The Labute approximate surface area is 150 Å². The van der Waals surface area contributed by atoms with Gasteiger partial charge in [0.25, 0.3) is 0 Å². The number of para-hydroxylation sites is 1. The summed E-state index contributed by atoms with van der Waals surface area (Å²) in [5.74, 6) is -0.246. The average molecular weight is 359 g/mol. The summed E-state index contributed by atoms with van der Waals surface area (Å²) in [5.41, 5.74) is 0.922. The Bertz CT molecular complexity index is 713. The lowest BCUT2D eigenvalue weighted by Crippen LogP contribution is -2.45. The van der Waals surface area contributed by atoms with E-state index in [1.54, 1.807) is 10.9 Å². The highest BCUT2D eigenvalue weighted by Crippen LogP contribution is 2.19. The zero-order valence-corrected chi connectivity index (χ0v) is 14.7. The van der Waals surface area contributed by atoms with Gasteiger partial charge in [-0.15, -0.1) is 10.2 Å². The van der Waals surface area contributed by atoms with Crippen LogP contribution in [0.5, 0.6) is 0 Å². The molecule has 3 rings (SSSR count). The Morgan fingerprint density at radius 1 is 1.16 bits per heavy atom. The van der Waals surface area contributed by atoms with Gasteiger partial charge in [-0.25, -0.2) is 4.79 Å². The molecule has 1 aromatic carbocycles. The molecular formula is C17H21N5O2S. The zero-order valence-electron chi connectivity index (χ0n) is 13.9. The molecule has 1 saturated carbocycles. The molecule has 7 nitrogen and oxygen atoms in total. The van der Waals surface area contributed by atoms with E-state index in [0.717, 1.165) is 31.4 Å². The Kier molecular flexibility index (Phi) is 6.05. The van der Waals surface area contributed by atoms with Crippen molar-refractivity contribution in [1.82, 2.24) is 25.4 Å². The van der Waals surface area contributed by atoms with Crippen LogP contribution in [0.3, 0.4) is 0 Å². The molecule has 1 heterocycles. The Hall–Kier alpha value is -2.35. The number of amides is 3. The first-order chi connectivity index (χ1) is 12.2. The quantitative estimate of drug-likeness (QED) is 0.801. The molecule has 0 radical (unpaired) electrons. The number of urea groups is 1. The van der Waals surface area contributed by atoms with Crippen LogP contribution in [0.4, 0.5) is 4.79 Å². The van der Waals surface area contributed by atoms with Gasteiger partial charge < -0.3 is 5.32 Å². The van der Waals surface area contributed by atoms with Gasteiger partial charge >= 0.3 is 6.03 Å². The van der Waals surface area contributed by atoms with Gasteiger partial charge in [-0.05, 0) is 25.0 Å². The fraction of sp³-hybridized carbons (Fsp3) is 0.412. The zero-order chi connectivity index (χ0) is 17.5. The summed E-state index contributed by atoms with van der Waals surface area (Å²) in [6, 6.07) is 9.41. The second kappa shape index (κ2) is 8.66. The minimum Gasteiger partial charge on any atom is -0.335 e. The summed E-state index contributed by atoms with van der Waals surface area (Å²) >= 11 is 1.24. The highest BCUT2D eigenvalue weighted by atomic mass is 32.2. The summed E-state index contributed by atoms with van der Waals surface area (Å²) in [6.45, 7) is 0. The largest absolute Gasteiger partial charge is 0.335 e. The molecular weight excluding hydrogens is 338 g/mol. The second-order valence-electron chi connectivity index (χ2n) is 5.96. The van der Waals surface area contributed by atoms with Crippen LogP contribution in [0, 0.1) is 0 Å². The molecule has 1 aromatic heterocycles. The van der Waals surface area contributed by atoms with E-state index in [2.05, 4.69) is 20.8 Å². The van der Waals surface area contributed by atoms with Gasteiger partial charge in [0, 0.05) is 11.7 Å². The molecule has 1 aliphatic carbocycles. The average Bonchev–Trinajstić information content (AvgIpc) is 3.10. The first-order valence-electron chi connectivity index (χ1n) is 8.41. The van der Waals surface area contributed by atoms with Crippen LogP contribution in [0.25, 0.3) is 5.69 Å². The van der Waals surface area contributed by atoms with Crippen molar-refractivity contribution in [2.24, 2.45) is 0 Å². The summed E-state index contributed by atoms with van der Waals surface area (Å²) < 4.78 is 1.81. The second-order valence-corrected chi connectivity index (χ2v) is 6.91. The van der Waals surface area contributed by atoms with Crippen LogP contribution >= 0.6 is 11.8 Å². The Balaban J connectivity index is 1.48. The molecule has 8 heteroatoms. The molecule has 1 aliphatic rings. The van der Waals surface area contributed by atoms with E-state index in [1.165, 1.54) is 18.2 Å². The maximum absolute atomic E-state index is 12.0. The third kappa shape index (κ3) is 5.06. The highest BCUT2D eigenvalue weighted by molar-refractivity contribution is 7.99. The number of carbonyl (C=O) groups is 2. The Morgan fingerprint density at radius 2 is 1.92 bits per heavy atom. The van der Waals surface area contributed by atoms with E-state index in [-0.39, 0.29) is 17.7 Å². The maximum atomic E-state index is 12.0. The molecule has 25 heavy (non-hydrogen) atoms. The third-order valence-electron chi connectivity index (χ3n) is 4.08. The number of hydrogen-bond donors (Lipinski definition) is 2. The predicted molar refractivity (Wildman–Crippen MR) is 95.6 cm³/mol. The van der Waals surface area contributed by atoms with Gasteiger partial charge in [-0.2, -0.15) is 0 Å². The fourth-order valence-electron chi connectivity index (χ4n) is 2.85. The van der Waals surface area contributed by atoms with Crippen LogP contribution in [0.1, 0.15) is 32.1 Å². The van der Waals surface area contributed by atoms with Crippen molar-refractivity contribution in [3.8, 4) is 5.69 Å². The van der Waals surface area contributed by atoms with Crippen molar-refractivity contribution < 1.29 is 9.59 Å². The topological polar surface area (TPSA) is 88.9 Å². The number of aromatic nitrogens is 3. The number of nitrogens with one attached hydrogen (secondary N) is 2. The van der Waals surface area contributed by atoms with E-state index in [4.69, 9.17) is 0 Å². The summed E-state index contributed by atoms with van der Waals surface area (Å²) in [6.07, 6.45) is 7.05. The van der Waals surface area contributed by atoms with Crippen molar-refractivity contribution in [3.63, 3.8) is 0 Å². The van der Waals surface area contributed by atoms with Gasteiger partial charge in [-0.1, -0.05) is 49.2 Å². The van der Waals surface area contributed by atoms with Gasteiger partial charge in [0.1, 0.15) is 6.33 Å². The summed E-state index contributed by atoms with van der Waals surface area (Å²) in [5, 5.41) is 13.8. The Morgan fingerprint density at radius 3 is 2.68 bits per heavy atom. The van der Waals surface area contributed by atoms with Crippen molar-refractivity contribution in [2.75, 3.05) is 5.75 Å². The van der Waals surface area contributed by atoms with Crippen molar-refractivity contribution in [1.29, 1.82) is 0 Å². The molecule has 132 valence electrons. The monoisotopic (exact) mass is 359 g/mol. The van der Waals surface area contributed by atoms with Gasteiger partial charge in [0.05, 0.1) is 5.75 Å². The van der Waals surface area contributed by atoms with Crippen LogP contribution in [0.15, 0.2) is 41.8 Å². The number of benzene rings is 1. The third-order valence-corrected chi connectivity index (χ3v) is 5.02. The van der Waals surface area contributed by atoms with Crippen molar-refractivity contribution in [3.05, 3.63) is 36.7 Å². The van der Waals surface area contributed by atoms with E-state index in [1.807, 2.05) is 30.3 Å². The molecule has 0 unspecified atom stereocenters. The van der Waals surface area contributed by atoms with Crippen LogP contribution in [-0.2, 0) is 4.79 Å². The smallest absolute Gasteiger partial charge is 0.321 e. The number of rotatable bonds is 5. The lowest BCUT2D eigenvalue weighted by Gasteiger charge is -2.22. The standard InChI is InChI=1S/C17H21N5O2S/c23-15(20-16(24)19-13-7-3-1-4-8-13)11-25-17-21-18-12-22(17)14-9-5-2-6-10-14/h2,5-6,9-10,12-13H,1,3-4,7-8,11H2,(H2,19,20,23,24). The number of carbonyl (C=O) groups excluding carboxylic acids is 2. The molecule has 2 aromatic rings. The van der Waals surface area contributed by atoms with Gasteiger partial charge in [0.15, 0.2) is 5.16 Å². The van der Waals surface area contributed by atoms with Crippen LogP contribution in [0.2, 0.25) is 0 Å². The number of imide groups is 1. The molecule has 3 amide bonds. The lowest BCUT2D eigenvalue weighted by molar-refractivity contribution is -0.117. The predicted octanol–water partition coefficient (Wildman–Crippen LogP) is 2.52. The van der Waals surface area contributed by atoms with Crippen LogP contribution in [-0.4, -0.2) is 38.5 Å². The van der Waals surface area contributed by atoms with E-state index >= 15 is 0 Å². The number of thioether (sulfide) groups is 1. The van der Waals surface area contributed by atoms with Crippen LogP contribution < -0.4 is 10.6 Å². The number of nitrogens with zero attached hydrogens (tertiary/aromatic N) is 3. The number of hydrogen-bond acceptors (Lipinski definition) is 5.